The summed E-state index contributed by atoms with van der Waals surface area (Å²) in [5, 5.41) is 3.47. The Balaban J connectivity index is 1.58. The molecule has 1 atom stereocenters. The van der Waals surface area contributed by atoms with Crippen molar-refractivity contribution in [3.8, 4) is 0 Å². The number of nitrogens with one attached hydrogen (secondary N) is 1. The Morgan fingerprint density at radius 2 is 1.83 bits per heavy atom. The van der Waals surface area contributed by atoms with E-state index in [0.717, 1.165) is 11.3 Å². The van der Waals surface area contributed by atoms with Gasteiger partial charge in [0.1, 0.15) is 5.82 Å². The van der Waals surface area contributed by atoms with Gasteiger partial charge in [-0.15, -0.1) is 0 Å². The fourth-order valence-electron chi connectivity index (χ4n) is 2.74. The van der Waals surface area contributed by atoms with Crippen molar-refractivity contribution in [1.29, 1.82) is 0 Å². The van der Waals surface area contributed by atoms with Crippen LogP contribution in [0, 0.1) is 5.82 Å². The third-order valence-corrected chi connectivity index (χ3v) is 4.16. The van der Waals surface area contributed by atoms with Gasteiger partial charge < -0.3 is 10.2 Å². The van der Waals surface area contributed by atoms with E-state index in [1.54, 1.807) is 41.3 Å². The molecule has 1 saturated heterocycles. The van der Waals surface area contributed by atoms with E-state index < -0.39 is 0 Å². The van der Waals surface area contributed by atoms with Gasteiger partial charge in [0.05, 0.1) is 12.5 Å². The van der Waals surface area contributed by atoms with E-state index in [-0.39, 0.29) is 36.5 Å². The van der Waals surface area contributed by atoms with Crippen LogP contribution in [0.3, 0.4) is 0 Å². The predicted molar refractivity (Wildman–Crippen MR) is 90.5 cm³/mol. The molecule has 1 heterocycles. The summed E-state index contributed by atoms with van der Waals surface area (Å²) in [5.41, 5.74) is 1.49. The highest BCUT2D eigenvalue weighted by Gasteiger charge is 2.31. The molecule has 0 aliphatic carbocycles. The highest BCUT2D eigenvalue weighted by molar-refractivity contribution is 6.30. The summed E-state index contributed by atoms with van der Waals surface area (Å²) < 4.78 is 12.9. The van der Waals surface area contributed by atoms with Crippen LogP contribution < -0.4 is 10.2 Å². The van der Waals surface area contributed by atoms with Crippen molar-refractivity contribution in [3.05, 3.63) is 64.9 Å². The van der Waals surface area contributed by atoms with Crippen LogP contribution in [0.5, 0.6) is 0 Å². The van der Waals surface area contributed by atoms with Crippen LogP contribution in [-0.2, 0) is 16.0 Å². The number of benzene rings is 2. The first-order valence-corrected chi connectivity index (χ1v) is 7.99. The molecule has 0 radical (unpaired) electrons. The Bertz CT molecular complexity index is 747. The van der Waals surface area contributed by atoms with Crippen molar-refractivity contribution < 1.29 is 14.0 Å². The summed E-state index contributed by atoms with van der Waals surface area (Å²) in [5.74, 6) is -0.555. The molecule has 0 bridgehead atoms. The average molecular weight is 347 g/mol. The average Bonchev–Trinajstić information content (AvgIpc) is 2.90. The minimum Gasteiger partial charge on any atom is -0.351 e. The topological polar surface area (TPSA) is 49.4 Å². The quantitative estimate of drug-likeness (QED) is 0.925. The Hall–Kier alpha value is -2.40. The molecular formula is C18H16ClFN2O2. The first kappa shape index (κ1) is 16.5. The monoisotopic (exact) mass is 346 g/mol. The van der Waals surface area contributed by atoms with Crippen LogP contribution >= 0.6 is 11.6 Å². The van der Waals surface area contributed by atoms with Crippen molar-refractivity contribution in [2.45, 2.75) is 18.9 Å². The summed E-state index contributed by atoms with van der Waals surface area (Å²) in [7, 11) is 0. The molecule has 0 aromatic heterocycles. The van der Waals surface area contributed by atoms with Gasteiger partial charge >= 0.3 is 0 Å². The lowest BCUT2D eigenvalue weighted by Crippen LogP contribution is -2.38. The van der Waals surface area contributed by atoms with E-state index >= 15 is 0 Å². The normalized spacial score (nSPS) is 17.2. The standard InChI is InChI=1S/C18H16ClFN2O2/c19-13-3-7-16(8-4-13)22-11-15(10-18(22)24)21-17(23)9-12-1-5-14(20)6-2-12/h1-8,15H,9-11H2,(H,21,23)/t15-/m1/s1. The fraction of sp³-hybridized carbons (Fsp3) is 0.222. The van der Waals surface area contributed by atoms with Crippen molar-refractivity contribution >= 4 is 29.1 Å². The number of nitrogens with zero attached hydrogens (tertiary/aromatic N) is 1. The number of carbonyl (C=O) groups is 2. The summed E-state index contributed by atoms with van der Waals surface area (Å²) in [6.07, 6.45) is 0.420. The van der Waals surface area contributed by atoms with Gasteiger partial charge in [0.25, 0.3) is 0 Å². The molecule has 6 heteroatoms. The molecule has 3 rings (SSSR count). The maximum atomic E-state index is 12.9. The van der Waals surface area contributed by atoms with Gasteiger partial charge in [-0.1, -0.05) is 23.7 Å². The van der Waals surface area contributed by atoms with Crippen LogP contribution in [0.15, 0.2) is 48.5 Å². The number of hydrogen-bond acceptors (Lipinski definition) is 2. The van der Waals surface area contributed by atoms with Gasteiger partial charge in [0, 0.05) is 23.7 Å². The SMILES string of the molecule is O=C(Cc1ccc(F)cc1)N[C@@H]1CC(=O)N(c2ccc(Cl)cc2)C1. The molecule has 124 valence electrons. The lowest BCUT2D eigenvalue weighted by molar-refractivity contribution is -0.121. The molecule has 1 N–H and O–H groups in total. The van der Waals surface area contributed by atoms with E-state index in [9.17, 15) is 14.0 Å². The number of carbonyl (C=O) groups excluding carboxylic acids is 2. The second-order valence-electron chi connectivity index (χ2n) is 5.75. The van der Waals surface area contributed by atoms with Gasteiger partial charge in [0.15, 0.2) is 0 Å². The number of halogens is 2. The molecule has 1 aliphatic rings. The highest BCUT2D eigenvalue weighted by Crippen LogP contribution is 2.23. The van der Waals surface area contributed by atoms with Crippen LogP contribution in [-0.4, -0.2) is 24.4 Å². The molecule has 1 fully saturated rings. The first-order chi connectivity index (χ1) is 11.5. The summed E-state index contributed by atoms with van der Waals surface area (Å²) in [6.45, 7) is 0.426. The molecule has 0 saturated carbocycles. The van der Waals surface area contributed by atoms with E-state index in [4.69, 9.17) is 11.6 Å². The van der Waals surface area contributed by atoms with Gasteiger partial charge in [-0.2, -0.15) is 0 Å². The predicted octanol–water partition coefficient (Wildman–Crippen LogP) is 2.94. The van der Waals surface area contributed by atoms with Crippen molar-refractivity contribution in [3.63, 3.8) is 0 Å². The summed E-state index contributed by atoms with van der Waals surface area (Å²) >= 11 is 5.86. The summed E-state index contributed by atoms with van der Waals surface area (Å²) in [4.78, 5) is 25.9. The minimum atomic E-state index is -0.334. The molecule has 0 unspecified atom stereocenters. The summed E-state index contributed by atoms with van der Waals surface area (Å²) in [6, 6.07) is 12.6. The maximum Gasteiger partial charge on any atom is 0.229 e. The van der Waals surface area contributed by atoms with E-state index in [1.807, 2.05) is 0 Å². The molecule has 2 aromatic rings. The van der Waals surface area contributed by atoms with Crippen LogP contribution in [0.4, 0.5) is 10.1 Å². The molecule has 24 heavy (non-hydrogen) atoms. The smallest absolute Gasteiger partial charge is 0.229 e. The van der Waals surface area contributed by atoms with Crippen molar-refractivity contribution in [2.24, 2.45) is 0 Å². The third-order valence-electron chi connectivity index (χ3n) is 3.91. The number of anilines is 1. The van der Waals surface area contributed by atoms with Gasteiger partial charge in [-0.05, 0) is 42.0 Å². The highest BCUT2D eigenvalue weighted by atomic mass is 35.5. The second kappa shape index (κ2) is 7.01. The molecular weight excluding hydrogens is 331 g/mol. The Kier molecular flexibility index (Phi) is 4.81. The zero-order valence-electron chi connectivity index (χ0n) is 12.8. The van der Waals surface area contributed by atoms with E-state index in [1.165, 1.54) is 12.1 Å². The zero-order chi connectivity index (χ0) is 17.1. The van der Waals surface area contributed by atoms with Crippen LogP contribution in [0.1, 0.15) is 12.0 Å². The molecule has 1 aliphatic heterocycles. The van der Waals surface area contributed by atoms with Gasteiger partial charge in [-0.25, -0.2) is 4.39 Å². The Labute approximate surface area is 144 Å². The van der Waals surface area contributed by atoms with Crippen LogP contribution in [0.25, 0.3) is 0 Å². The van der Waals surface area contributed by atoms with Crippen molar-refractivity contribution in [1.82, 2.24) is 5.32 Å². The minimum absolute atomic E-state index is 0.0376. The lowest BCUT2D eigenvalue weighted by atomic mass is 10.1. The Morgan fingerprint density at radius 3 is 2.50 bits per heavy atom. The lowest BCUT2D eigenvalue weighted by Gasteiger charge is -2.17. The number of rotatable bonds is 4. The van der Waals surface area contributed by atoms with Crippen molar-refractivity contribution in [2.75, 3.05) is 11.4 Å². The van der Waals surface area contributed by atoms with E-state index in [2.05, 4.69) is 5.32 Å². The van der Waals surface area contributed by atoms with Gasteiger partial charge in [-0.3, -0.25) is 9.59 Å². The van der Waals surface area contributed by atoms with E-state index in [0.29, 0.717) is 11.6 Å². The maximum absolute atomic E-state index is 12.9. The van der Waals surface area contributed by atoms with Crippen LogP contribution in [0.2, 0.25) is 5.02 Å². The first-order valence-electron chi connectivity index (χ1n) is 7.61. The third kappa shape index (κ3) is 3.92. The molecule has 2 aromatic carbocycles. The zero-order valence-corrected chi connectivity index (χ0v) is 13.6. The number of amides is 2. The Morgan fingerprint density at radius 1 is 1.17 bits per heavy atom. The molecule has 4 nitrogen and oxygen atoms in total. The molecule has 0 spiro atoms. The largest absolute Gasteiger partial charge is 0.351 e. The van der Waals surface area contributed by atoms with Gasteiger partial charge in [0.2, 0.25) is 11.8 Å². The fourth-order valence-corrected chi connectivity index (χ4v) is 2.87. The second-order valence-corrected chi connectivity index (χ2v) is 6.19. The number of hydrogen-bond donors (Lipinski definition) is 1. The molecule has 2 amide bonds.